The fourth-order valence-electron chi connectivity index (χ4n) is 2.22. The van der Waals surface area contributed by atoms with E-state index in [1.54, 1.807) is 30.3 Å². The van der Waals surface area contributed by atoms with Crippen LogP contribution in [0.2, 0.25) is 0 Å². The van der Waals surface area contributed by atoms with Gasteiger partial charge in [-0.1, -0.05) is 12.1 Å². The van der Waals surface area contributed by atoms with Crippen LogP contribution < -0.4 is 10.1 Å². The number of nitrogens with one attached hydrogen (secondary N) is 1. The van der Waals surface area contributed by atoms with Gasteiger partial charge in [-0.2, -0.15) is 0 Å². The molecule has 3 aromatic rings. The topological polar surface area (TPSA) is 51.2 Å². The summed E-state index contributed by atoms with van der Waals surface area (Å²) >= 11 is 1.14. The van der Waals surface area contributed by atoms with Crippen LogP contribution in [0.3, 0.4) is 0 Å². The molecule has 0 aliphatic carbocycles. The summed E-state index contributed by atoms with van der Waals surface area (Å²) in [6.07, 6.45) is 2.04. The van der Waals surface area contributed by atoms with Gasteiger partial charge in [-0.15, -0.1) is 11.3 Å². The molecule has 0 saturated carbocycles. The Bertz CT molecular complexity index is 881. The molecular weight excluding hydrogens is 358 g/mol. The Labute approximate surface area is 153 Å². The number of thiazole rings is 1. The van der Waals surface area contributed by atoms with Gasteiger partial charge in [0.2, 0.25) is 0 Å². The molecule has 0 aliphatic rings. The standard InChI is InChI=1S/C19H16F2N2O2S/c20-13-6-8-14(9-7-13)25-11-3-10-22-18(24)17-12-23-19(26-17)15-4-1-2-5-16(15)21/h1-2,4-9,12H,3,10-11H2,(H,22,24). The normalized spacial score (nSPS) is 10.5. The molecule has 0 fully saturated rings. The Morgan fingerprint density at radius 1 is 1.12 bits per heavy atom. The Hall–Kier alpha value is -2.80. The van der Waals surface area contributed by atoms with E-state index in [4.69, 9.17) is 4.74 Å². The minimum atomic E-state index is -0.369. The van der Waals surface area contributed by atoms with Gasteiger partial charge >= 0.3 is 0 Å². The molecule has 0 aliphatic heterocycles. The van der Waals surface area contributed by atoms with Crippen molar-refractivity contribution in [3.05, 3.63) is 71.2 Å². The Balaban J connectivity index is 1.45. The molecule has 1 heterocycles. The minimum Gasteiger partial charge on any atom is -0.494 e. The maximum Gasteiger partial charge on any atom is 0.263 e. The zero-order chi connectivity index (χ0) is 18.4. The van der Waals surface area contributed by atoms with E-state index in [9.17, 15) is 13.6 Å². The Morgan fingerprint density at radius 2 is 1.88 bits per heavy atom. The van der Waals surface area contributed by atoms with Gasteiger partial charge in [0.1, 0.15) is 27.3 Å². The molecular formula is C19H16F2N2O2S. The van der Waals surface area contributed by atoms with Gasteiger partial charge in [0, 0.05) is 12.1 Å². The maximum atomic E-state index is 13.8. The van der Waals surface area contributed by atoms with Crippen molar-refractivity contribution >= 4 is 17.2 Å². The zero-order valence-corrected chi connectivity index (χ0v) is 14.6. The average molecular weight is 374 g/mol. The first-order valence-electron chi connectivity index (χ1n) is 8.01. The third-order valence-corrected chi connectivity index (χ3v) is 4.55. The fourth-order valence-corrected chi connectivity index (χ4v) is 3.08. The van der Waals surface area contributed by atoms with E-state index in [1.165, 1.54) is 24.4 Å². The summed E-state index contributed by atoms with van der Waals surface area (Å²) in [5.41, 5.74) is 0.379. The van der Waals surface area contributed by atoms with Crippen molar-refractivity contribution < 1.29 is 18.3 Å². The van der Waals surface area contributed by atoms with Crippen LogP contribution in [0.5, 0.6) is 5.75 Å². The molecule has 134 valence electrons. The van der Waals surface area contributed by atoms with E-state index in [0.717, 1.165) is 11.3 Å². The number of halogens is 2. The van der Waals surface area contributed by atoms with Crippen LogP contribution in [0.4, 0.5) is 8.78 Å². The van der Waals surface area contributed by atoms with E-state index < -0.39 is 0 Å². The number of benzene rings is 2. The lowest BCUT2D eigenvalue weighted by Gasteiger charge is -2.06. The van der Waals surface area contributed by atoms with Gasteiger partial charge in [-0.25, -0.2) is 13.8 Å². The first kappa shape index (κ1) is 18.0. The summed E-state index contributed by atoms with van der Waals surface area (Å²) in [6, 6.07) is 12.1. The van der Waals surface area contributed by atoms with Gasteiger partial charge < -0.3 is 10.1 Å². The summed E-state index contributed by atoms with van der Waals surface area (Å²) in [5, 5.41) is 3.24. The van der Waals surface area contributed by atoms with E-state index >= 15 is 0 Å². The third-order valence-electron chi connectivity index (χ3n) is 3.52. The van der Waals surface area contributed by atoms with Crippen molar-refractivity contribution in [1.82, 2.24) is 10.3 Å². The van der Waals surface area contributed by atoms with Gasteiger partial charge in [-0.05, 0) is 42.8 Å². The molecule has 0 saturated heterocycles. The lowest BCUT2D eigenvalue weighted by atomic mass is 10.2. The molecule has 1 amide bonds. The quantitative estimate of drug-likeness (QED) is 0.628. The highest BCUT2D eigenvalue weighted by Crippen LogP contribution is 2.27. The van der Waals surface area contributed by atoms with Crippen LogP contribution in [0.15, 0.2) is 54.7 Å². The number of ether oxygens (including phenoxy) is 1. The van der Waals surface area contributed by atoms with Crippen LogP contribution in [0, 0.1) is 11.6 Å². The molecule has 2 aromatic carbocycles. The number of rotatable bonds is 7. The minimum absolute atomic E-state index is 0.258. The molecule has 7 heteroatoms. The summed E-state index contributed by atoms with van der Waals surface area (Å²) < 4.78 is 32.0. The van der Waals surface area contributed by atoms with Crippen molar-refractivity contribution in [2.24, 2.45) is 0 Å². The molecule has 4 nitrogen and oxygen atoms in total. The summed E-state index contributed by atoms with van der Waals surface area (Å²) in [5.74, 6) is -0.364. The number of carbonyl (C=O) groups is 1. The van der Waals surface area contributed by atoms with Crippen LogP contribution >= 0.6 is 11.3 Å². The first-order chi connectivity index (χ1) is 12.6. The van der Waals surface area contributed by atoms with E-state index in [0.29, 0.717) is 40.8 Å². The van der Waals surface area contributed by atoms with Gasteiger partial charge in [0.25, 0.3) is 5.91 Å². The van der Waals surface area contributed by atoms with Gasteiger partial charge in [-0.3, -0.25) is 4.79 Å². The molecule has 0 unspecified atom stereocenters. The summed E-state index contributed by atoms with van der Waals surface area (Å²) in [7, 11) is 0. The second-order valence-corrected chi connectivity index (χ2v) is 6.45. The summed E-state index contributed by atoms with van der Waals surface area (Å²) in [6.45, 7) is 0.821. The highest BCUT2D eigenvalue weighted by atomic mass is 32.1. The number of aromatic nitrogens is 1. The highest BCUT2D eigenvalue weighted by Gasteiger charge is 2.13. The Kier molecular flexibility index (Phi) is 5.91. The molecule has 0 spiro atoms. The molecule has 0 atom stereocenters. The number of nitrogens with zero attached hydrogens (tertiary/aromatic N) is 1. The monoisotopic (exact) mass is 374 g/mol. The molecule has 1 aromatic heterocycles. The number of carbonyl (C=O) groups excluding carboxylic acids is 1. The maximum absolute atomic E-state index is 13.8. The predicted octanol–water partition coefficient (Wildman–Crippen LogP) is 4.29. The first-order valence-corrected chi connectivity index (χ1v) is 8.82. The lowest BCUT2D eigenvalue weighted by Crippen LogP contribution is -2.24. The molecule has 26 heavy (non-hydrogen) atoms. The number of hydrogen-bond donors (Lipinski definition) is 1. The second-order valence-electron chi connectivity index (χ2n) is 5.42. The summed E-state index contributed by atoms with van der Waals surface area (Å²) in [4.78, 5) is 16.7. The van der Waals surface area contributed by atoms with Crippen LogP contribution in [0.1, 0.15) is 16.1 Å². The average Bonchev–Trinajstić information content (AvgIpc) is 3.13. The second kappa shape index (κ2) is 8.53. The molecule has 0 radical (unpaired) electrons. The fraction of sp³-hybridized carbons (Fsp3) is 0.158. The smallest absolute Gasteiger partial charge is 0.263 e. The Morgan fingerprint density at radius 3 is 2.65 bits per heavy atom. The van der Waals surface area contributed by atoms with Crippen molar-refractivity contribution in [3.8, 4) is 16.3 Å². The lowest BCUT2D eigenvalue weighted by molar-refractivity contribution is 0.0955. The third kappa shape index (κ3) is 4.64. The SMILES string of the molecule is O=C(NCCCOc1ccc(F)cc1)c1cnc(-c2ccccc2F)s1. The van der Waals surface area contributed by atoms with Crippen molar-refractivity contribution in [3.63, 3.8) is 0 Å². The largest absolute Gasteiger partial charge is 0.494 e. The van der Waals surface area contributed by atoms with Crippen molar-refractivity contribution in [2.75, 3.05) is 13.2 Å². The van der Waals surface area contributed by atoms with E-state index in [1.807, 2.05) is 0 Å². The van der Waals surface area contributed by atoms with E-state index in [-0.39, 0.29) is 17.5 Å². The predicted molar refractivity (Wildman–Crippen MR) is 96.4 cm³/mol. The number of amides is 1. The highest BCUT2D eigenvalue weighted by molar-refractivity contribution is 7.16. The zero-order valence-electron chi connectivity index (χ0n) is 13.7. The van der Waals surface area contributed by atoms with Crippen LogP contribution in [-0.2, 0) is 0 Å². The molecule has 0 bridgehead atoms. The van der Waals surface area contributed by atoms with Crippen molar-refractivity contribution in [2.45, 2.75) is 6.42 Å². The number of hydrogen-bond acceptors (Lipinski definition) is 4. The van der Waals surface area contributed by atoms with Gasteiger partial charge in [0.15, 0.2) is 0 Å². The molecule has 1 N–H and O–H groups in total. The van der Waals surface area contributed by atoms with Crippen LogP contribution in [-0.4, -0.2) is 24.0 Å². The van der Waals surface area contributed by atoms with Crippen molar-refractivity contribution in [1.29, 1.82) is 0 Å². The molecule has 3 rings (SSSR count). The van der Waals surface area contributed by atoms with Gasteiger partial charge in [0.05, 0.1) is 12.8 Å². The van der Waals surface area contributed by atoms with E-state index in [2.05, 4.69) is 10.3 Å². The van der Waals surface area contributed by atoms with Crippen LogP contribution in [0.25, 0.3) is 10.6 Å².